The summed E-state index contributed by atoms with van der Waals surface area (Å²) in [4.78, 5) is 24.7. The molecule has 96 valence electrons. The van der Waals surface area contributed by atoms with E-state index in [1.54, 1.807) is 0 Å². The quantitative estimate of drug-likeness (QED) is 0.260. The molecule has 1 fully saturated rings. The summed E-state index contributed by atoms with van der Waals surface area (Å²) in [7, 11) is 0. The van der Waals surface area contributed by atoms with Crippen molar-refractivity contribution in [3.8, 4) is 0 Å². The Morgan fingerprint density at radius 1 is 1.41 bits per heavy atom. The number of oxime groups is 1. The summed E-state index contributed by atoms with van der Waals surface area (Å²) >= 11 is 0. The zero-order chi connectivity index (χ0) is 13.0. The minimum atomic E-state index is -0.750. The SMILES string of the molecule is CC(C(=O)N1CCCCC1C(N)=O)C(N)=NO. The van der Waals surface area contributed by atoms with Crippen LogP contribution in [0.4, 0.5) is 0 Å². The number of carbonyl (C=O) groups is 2. The van der Waals surface area contributed by atoms with Crippen LogP contribution in [0.1, 0.15) is 26.2 Å². The molecule has 0 radical (unpaired) electrons. The third-order valence-electron chi connectivity index (χ3n) is 3.04. The molecule has 0 aromatic heterocycles. The molecular weight excluding hydrogens is 224 g/mol. The van der Waals surface area contributed by atoms with E-state index in [9.17, 15) is 9.59 Å². The third kappa shape index (κ3) is 2.86. The van der Waals surface area contributed by atoms with Gasteiger partial charge in [-0.15, -0.1) is 0 Å². The van der Waals surface area contributed by atoms with E-state index in [1.165, 1.54) is 11.8 Å². The molecular formula is C10H18N4O3. The predicted molar refractivity (Wildman–Crippen MR) is 61.1 cm³/mol. The third-order valence-corrected chi connectivity index (χ3v) is 3.04. The van der Waals surface area contributed by atoms with Crippen LogP contribution in [-0.2, 0) is 9.59 Å². The van der Waals surface area contributed by atoms with Crippen LogP contribution in [0.15, 0.2) is 5.16 Å². The minimum Gasteiger partial charge on any atom is -0.409 e. The molecule has 7 nitrogen and oxygen atoms in total. The highest BCUT2D eigenvalue weighted by atomic mass is 16.4. The van der Waals surface area contributed by atoms with Crippen molar-refractivity contribution in [3.05, 3.63) is 0 Å². The summed E-state index contributed by atoms with van der Waals surface area (Å²) in [6, 6.07) is -0.579. The second kappa shape index (κ2) is 5.51. The summed E-state index contributed by atoms with van der Waals surface area (Å²) in [5.41, 5.74) is 10.6. The maximum Gasteiger partial charge on any atom is 0.240 e. The van der Waals surface area contributed by atoms with E-state index in [0.717, 1.165) is 12.8 Å². The Bertz CT molecular complexity index is 342. The molecule has 2 amide bonds. The molecule has 0 aromatic carbocycles. The van der Waals surface area contributed by atoms with Crippen molar-refractivity contribution in [1.29, 1.82) is 0 Å². The van der Waals surface area contributed by atoms with Crippen LogP contribution in [-0.4, -0.2) is 40.3 Å². The lowest BCUT2D eigenvalue weighted by Crippen LogP contribution is -2.53. The second-order valence-corrected chi connectivity index (χ2v) is 4.19. The van der Waals surface area contributed by atoms with Gasteiger partial charge in [0.05, 0.1) is 5.92 Å². The lowest BCUT2D eigenvalue weighted by atomic mass is 9.99. The van der Waals surface area contributed by atoms with Crippen LogP contribution in [0.25, 0.3) is 0 Å². The lowest BCUT2D eigenvalue weighted by molar-refractivity contribution is -0.142. The van der Waals surface area contributed by atoms with E-state index in [4.69, 9.17) is 16.7 Å². The largest absolute Gasteiger partial charge is 0.409 e. The first-order valence-electron chi connectivity index (χ1n) is 5.56. The molecule has 0 saturated carbocycles. The number of amides is 2. The zero-order valence-corrected chi connectivity index (χ0v) is 9.80. The Hall–Kier alpha value is -1.79. The monoisotopic (exact) mass is 242 g/mol. The fourth-order valence-corrected chi connectivity index (χ4v) is 1.95. The van der Waals surface area contributed by atoms with E-state index < -0.39 is 17.9 Å². The van der Waals surface area contributed by atoms with Gasteiger partial charge in [0.2, 0.25) is 11.8 Å². The fourth-order valence-electron chi connectivity index (χ4n) is 1.95. The van der Waals surface area contributed by atoms with E-state index >= 15 is 0 Å². The highest BCUT2D eigenvalue weighted by molar-refractivity contribution is 6.02. The predicted octanol–water partition coefficient (Wildman–Crippen LogP) is -0.765. The van der Waals surface area contributed by atoms with Crippen LogP contribution in [0.3, 0.4) is 0 Å². The van der Waals surface area contributed by atoms with Gasteiger partial charge in [-0.05, 0) is 26.2 Å². The molecule has 7 heteroatoms. The van der Waals surface area contributed by atoms with E-state index in [2.05, 4.69) is 5.16 Å². The van der Waals surface area contributed by atoms with Crippen LogP contribution in [0.5, 0.6) is 0 Å². The molecule has 1 heterocycles. The molecule has 17 heavy (non-hydrogen) atoms. The van der Waals surface area contributed by atoms with Gasteiger partial charge in [0.15, 0.2) is 5.84 Å². The van der Waals surface area contributed by atoms with Gasteiger partial charge in [-0.25, -0.2) is 0 Å². The number of nitrogens with two attached hydrogens (primary N) is 2. The summed E-state index contributed by atoms with van der Waals surface area (Å²) in [5.74, 6) is -1.75. The van der Waals surface area contributed by atoms with Crippen molar-refractivity contribution in [2.24, 2.45) is 22.5 Å². The van der Waals surface area contributed by atoms with E-state index in [-0.39, 0.29) is 11.7 Å². The number of rotatable bonds is 3. The van der Waals surface area contributed by atoms with Gasteiger partial charge >= 0.3 is 0 Å². The number of hydrogen-bond acceptors (Lipinski definition) is 4. The van der Waals surface area contributed by atoms with Crippen molar-refractivity contribution < 1.29 is 14.8 Å². The van der Waals surface area contributed by atoms with Gasteiger partial charge in [0.25, 0.3) is 0 Å². The average molecular weight is 242 g/mol. The first kappa shape index (κ1) is 13.3. The molecule has 2 atom stereocenters. The molecule has 1 aliphatic heterocycles. The standard InChI is InChI=1S/C10H18N4O3/c1-6(8(11)13-17)10(16)14-5-3-2-4-7(14)9(12)15/h6-7,17H,2-5H2,1H3,(H2,11,13)(H2,12,15). The van der Waals surface area contributed by atoms with Crippen LogP contribution in [0.2, 0.25) is 0 Å². The number of likely N-dealkylation sites (tertiary alicyclic amines) is 1. The first-order valence-corrected chi connectivity index (χ1v) is 5.56. The Kier molecular flexibility index (Phi) is 4.30. The molecule has 1 aliphatic rings. The maximum absolute atomic E-state index is 12.1. The van der Waals surface area contributed by atoms with E-state index in [0.29, 0.717) is 13.0 Å². The number of primary amides is 1. The zero-order valence-electron chi connectivity index (χ0n) is 9.80. The normalized spacial score (nSPS) is 23.2. The lowest BCUT2D eigenvalue weighted by Gasteiger charge is -2.35. The van der Waals surface area contributed by atoms with Crippen LogP contribution in [0, 0.1) is 5.92 Å². The van der Waals surface area contributed by atoms with Crippen LogP contribution >= 0.6 is 0 Å². The number of carbonyl (C=O) groups excluding carboxylic acids is 2. The van der Waals surface area contributed by atoms with Gasteiger partial charge in [-0.1, -0.05) is 5.16 Å². The maximum atomic E-state index is 12.1. The van der Waals surface area contributed by atoms with Crippen molar-refractivity contribution in [2.75, 3.05) is 6.54 Å². The molecule has 0 bridgehead atoms. The van der Waals surface area contributed by atoms with Crippen molar-refractivity contribution in [2.45, 2.75) is 32.2 Å². The van der Waals surface area contributed by atoms with Crippen LogP contribution < -0.4 is 11.5 Å². The summed E-state index contributed by atoms with van der Waals surface area (Å²) in [5, 5.41) is 11.3. The Balaban J connectivity index is 2.81. The summed E-state index contributed by atoms with van der Waals surface area (Å²) < 4.78 is 0. The number of amidine groups is 1. The van der Waals surface area contributed by atoms with Crippen molar-refractivity contribution in [3.63, 3.8) is 0 Å². The highest BCUT2D eigenvalue weighted by Gasteiger charge is 2.34. The number of piperidine rings is 1. The smallest absolute Gasteiger partial charge is 0.240 e. The Morgan fingerprint density at radius 3 is 2.59 bits per heavy atom. The number of hydrogen-bond donors (Lipinski definition) is 3. The molecule has 2 unspecified atom stereocenters. The molecule has 1 saturated heterocycles. The molecule has 0 aliphatic carbocycles. The average Bonchev–Trinajstić information content (AvgIpc) is 2.35. The summed E-state index contributed by atoms with van der Waals surface area (Å²) in [6.07, 6.45) is 2.28. The number of nitrogens with zero attached hydrogens (tertiary/aromatic N) is 2. The highest BCUT2D eigenvalue weighted by Crippen LogP contribution is 2.19. The van der Waals surface area contributed by atoms with Gasteiger partial charge in [0, 0.05) is 6.54 Å². The Labute approximate surface area is 99.4 Å². The van der Waals surface area contributed by atoms with Gasteiger partial charge in [-0.2, -0.15) is 0 Å². The Morgan fingerprint density at radius 2 is 2.06 bits per heavy atom. The first-order chi connectivity index (χ1) is 7.99. The second-order valence-electron chi connectivity index (χ2n) is 4.19. The van der Waals surface area contributed by atoms with Crippen molar-refractivity contribution >= 4 is 17.6 Å². The fraction of sp³-hybridized carbons (Fsp3) is 0.700. The molecule has 5 N–H and O–H groups in total. The molecule has 1 rings (SSSR count). The van der Waals surface area contributed by atoms with Gasteiger partial charge in [0.1, 0.15) is 6.04 Å². The molecule has 0 spiro atoms. The topological polar surface area (TPSA) is 122 Å². The van der Waals surface area contributed by atoms with Crippen molar-refractivity contribution in [1.82, 2.24) is 4.90 Å². The van der Waals surface area contributed by atoms with Gasteiger partial charge < -0.3 is 21.6 Å². The minimum absolute atomic E-state index is 0.163. The van der Waals surface area contributed by atoms with E-state index in [1.807, 2.05) is 0 Å². The molecule has 0 aromatic rings. The van der Waals surface area contributed by atoms with Gasteiger partial charge in [-0.3, -0.25) is 9.59 Å². The summed E-state index contributed by atoms with van der Waals surface area (Å²) in [6.45, 7) is 2.01.